The Morgan fingerprint density at radius 3 is 2.95 bits per heavy atom. The normalized spacial score (nSPS) is 15.2. The zero-order valence-corrected chi connectivity index (χ0v) is 11.6. The van der Waals surface area contributed by atoms with Crippen molar-refractivity contribution in [1.29, 1.82) is 0 Å². The molecular formula is C13H17ClN3O2+. The third kappa shape index (κ3) is 3.24. The highest BCUT2D eigenvalue weighted by molar-refractivity contribution is 6.30. The van der Waals surface area contributed by atoms with Gasteiger partial charge >= 0.3 is 0 Å². The first-order chi connectivity index (χ1) is 9.11. The van der Waals surface area contributed by atoms with Crippen molar-refractivity contribution in [3.05, 3.63) is 29.3 Å². The summed E-state index contributed by atoms with van der Waals surface area (Å²) in [5.74, 6) is -0.0909. The molecule has 1 aromatic carbocycles. The molecule has 1 fully saturated rings. The summed E-state index contributed by atoms with van der Waals surface area (Å²) in [5.41, 5.74) is 0.729. The van der Waals surface area contributed by atoms with E-state index in [1.165, 1.54) is 0 Å². The number of carbonyl (C=O) groups excluding carboxylic acids is 2. The van der Waals surface area contributed by atoms with Gasteiger partial charge in [-0.15, -0.1) is 0 Å². The fraction of sp³-hybridized carbons (Fsp3) is 0.385. The highest BCUT2D eigenvalue weighted by atomic mass is 35.5. The van der Waals surface area contributed by atoms with E-state index in [1.54, 1.807) is 28.0 Å². The maximum atomic E-state index is 12.0. The SMILES string of the molecule is CC[NH2+]CC(=O)N1CC(=O)N(c2cccc(Cl)c2)C1. The van der Waals surface area contributed by atoms with Gasteiger partial charge in [-0.3, -0.25) is 14.5 Å². The van der Waals surface area contributed by atoms with E-state index in [0.717, 1.165) is 12.2 Å². The lowest BCUT2D eigenvalue weighted by atomic mass is 10.3. The third-order valence-electron chi connectivity index (χ3n) is 3.02. The number of likely N-dealkylation sites (N-methyl/N-ethyl adjacent to an activating group) is 1. The fourth-order valence-electron chi connectivity index (χ4n) is 1.98. The van der Waals surface area contributed by atoms with E-state index in [-0.39, 0.29) is 18.4 Å². The van der Waals surface area contributed by atoms with Crippen molar-refractivity contribution in [3.8, 4) is 0 Å². The summed E-state index contributed by atoms with van der Waals surface area (Å²) < 4.78 is 0. The second-order valence-corrected chi connectivity index (χ2v) is 4.87. The van der Waals surface area contributed by atoms with Crippen molar-refractivity contribution in [2.75, 3.05) is 31.2 Å². The molecular weight excluding hydrogens is 266 g/mol. The molecule has 0 aromatic heterocycles. The van der Waals surface area contributed by atoms with Gasteiger partial charge in [-0.2, -0.15) is 0 Å². The van der Waals surface area contributed by atoms with Gasteiger partial charge in [-0.25, -0.2) is 0 Å². The van der Waals surface area contributed by atoms with Gasteiger partial charge in [-0.05, 0) is 25.1 Å². The van der Waals surface area contributed by atoms with Gasteiger partial charge in [0.25, 0.3) is 5.91 Å². The zero-order valence-electron chi connectivity index (χ0n) is 10.8. The number of benzene rings is 1. The van der Waals surface area contributed by atoms with E-state index in [4.69, 9.17) is 11.6 Å². The maximum absolute atomic E-state index is 12.0. The summed E-state index contributed by atoms with van der Waals surface area (Å²) in [4.78, 5) is 27.0. The van der Waals surface area contributed by atoms with Crippen LogP contribution in [0.3, 0.4) is 0 Å². The molecule has 1 aromatic rings. The van der Waals surface area contributed by atoms with E-state index in [1.807, 2.05) is 18.3 Å². The molecule has 0 bridgehead atoms. The first-order valence-electron chi connectivity index (χ1n) is 6.27. The average molecular weight is 283 g/mol. The van der Waals surface area contributed by atoms with Gasteiger partial charge < -0.3 is 10.2 Å². The summed E-state index contributed by atoms with van der Waals surface area (Å²) in [6, 6.07) is 7.09. The third-order valence-corrected chi connectivity index (χ3v) is 3.25. The van der Waals surface area contributed by atoms with Gasteiger partial charge in [0.2, 0.25) is 5.91 Å². The van der Waals surface area contributed by atoms with Crippen molar-refractivity contribution in [2.45, 2.75) is 6.92 Å². The van der Waals surface area contributed by atoms with E-state index in [9.17, 15) is 9.59 Å². The Morgan fingerprint density at radius 2 is 2.26 bits per heavy atom. The molecule has 1 saturated heterocycles. The number of nitrogens with two attached hydrogens (primary N) is 1. The lowest BCUT2D eigenvalue weighted by molar-refractivity contribution is -0.641. The van der Waals surface area contributed by atoms with Crippen LogP contribution < -0.4 is 10.2 Å². The molecule has 6 heteroatoms. The van der Waals surface area contributed by atoms with Gasteiger partial charge in [0.15, 0.2) is 6.54 Å². The molecule has 19 heavy (non-hydrogen) atoms. The Kier molecular flexibility index (Phi) is 4.39. The smallest absolute Gasteiger partial charge is 0.279 e. The van der Waals surface area contributed by atoms with E-state index >= 15 is 0 Å². The zero-order chi connectivity index (χ0) is 13.8. The van der Waals surface area contributed by atoms with Crippen molar-refractivity contribution in [2.24, 2.45) is 0 Å². The van der Waals surface area contributed by atoms with Crippen LogP contribution in [0.15, 0.2) is 24.3 Å². The molecule has 0 unspecified atom stereocenters. The van der Waals surface area contributed by atoms with E-state index < -0.39 is 0 Å². The molecule has 1 heterocycles. The Labute approximate surface area is 117 Å². The Morgan fingerprint density at radius 1 is 1.47 bits per heavy atom. The number of halogens is 1. The number of carbonyl (C=O) groups is 2. The van der Waals surface area contributed by atoms with Crippen LogP contribution >= 0.6 is 11.6 Å². The van der Waals surface area contributed by atoms with Crippen molar-refractivity contribution >= 4 is 29.1 Å². The lowest BCUT2D eigenvalue weighted by Crippen LogP contribution is -2.86. The molecule has 2 amide bonds. The monoisotopic (exact) mass is 282 g/mol. The number of quaternary nitrogens is 1. The Hall–Kier alpha value is -1.59. The predicted octanol–water partition coefficient (Wildman–Crippen LogP) is 0.0560. The van der Waals surface area contributed by atoms with Crippen molar-refractivity contribution in [1.82, 2.24) is 4.90 Å². The topological polar surface area (TPSA) is 57.2 Å². The molecule has 5 nitrogen and oxygen atoms in total. The number of rotatable bonds is 4. The second-order valence-electron chi connectivity index (χ2n) is 4.44. The van der Waals surface area contributed by atoms with Crippen LogP contribution in [0.25, 0.3) is 0 Å². The molecule has 0 atom stereocenters. The first-order valence-corrected chi connectivity index (χ1v) is 6.65. The van der Waals surface area contributed by atoms with Gasteiger partial charge in [0.05, 0.1) is 6.54 Å². The minimum Gasteiger partial charge on any atom is -0.339 e. The molecule has 0 spiro atoms. The fourth-order valence-corrected chi connectivity index (χ4v) is 2.17. The number of amides is 2. The van der Waals surface area contributed by atoms with Crippen LogP contribution in [0.1, 0.15) is 6.92 Å². The summed E-state index contributed by atoms with van der Waals surface area (Å²) in [5, 5.41) is 2.49. The number of hydrogen-bond acceptors (Lipinski definition) is 2. The van der Waals surface area contributed by atoms with Crippen LogP contribution in [0.4, 0.5) is 5.69 Å². The predicted molar refractivity (Wildman–Crippen MR) is 72.9 cm³/mol. The lowest BCUT2D eigenvalue weighted by Gasteiger charge is -2.17. The molecule has 0 saturated carbocycles. The van der Waals surface area contributed by atoms with Crippen LogP contribution in [-0.2, 0) is 9.59 Å². The minimum absolute atomic E-state index is 0.0141. The van der Waals surface area contributed by atoms with Gasteiger partial charge in [0, 0.05) is 10.7 Å². The van der Waals surface area contributed by atoms with E-state index in [0.29, 0.717) is 18.2 Å². The summed E-state index contributed by atoms with van der Waals surface area (Å²) in [6.45, 7) is 3.66. The Balaban J connectivity index is 2.05. The summed E-state index contributed by atoms with van der Waals surface area (Å²) in [7, 11) is 0. The van der Waals surface area contributed by atoms with Crippen LogP contribution in [0, 0.1) is 0 Å². The molecule has 1 aliphatic rings. The number of anilines is 1. The highest BCUT2D eigenvalue weighted by Crippen LogP contribution is 2.22. The highest BCUT2D eigenvalue weighted by Gasteiger charge is 2.32. The Bertz CT molecular complexity index is 493. The van der Waals surface area contributed by atoms with Crippen LogP contribution in [-0.4, -0.2) is 43.0 Å². The largest absolute Gasteiger partial charge is 0.339 e. The number of nitrogens with zero attached hydrogens (tertiary/aromatic N) is 2. The van der Waals surface area contributed by atoms with Crippen LogP contribution in [0.5, 0.6) is 0 Å². The van der Waals surface area contributed by atoms with E-state index in [2.05, 4.69) is 0 Å². The van der Waals surface area contributed by atoms with Crippen molar-refractivity contribution in [3.63, 3.8) is 0 Å². The van der Waals surface area contributed by atoms with Gasteiger partial charge in [-0.1, -0.05) is 17.7 Å². The molecule has 0 aliphatic carbocycles. The summed E-state index contributed by atoms with van der Waals surface area (Å²) in [6.07, 6.45) is 0. The van der Waals surface area contributed by atoms with Gasteiger partial charge in [0.1, 0.15) is 13.2 Å². The minimum atomic E-state index is -0.0767. The maximum Gasteiger partial charge on any atom is 0.279 e. The first kappa shape index (κ1) is 13.8. The summed E-state index contributed by atoms with van der Waals surface area (Å²) >= 11 is 5.91. The quantitative estimate of drug-likeness (QED) is 0.849. The molecule has 102 valence electrons. The molecule has 1 aliphatic heterocycles. The van der Waals surface area contributed by atoms with Crippen LogP contribution in [0.2, 0.25) is 5.02 Å². The number of hydrogen-bond donors (Lipinski definition) is 1. The molecule has 2 N–H and O–H groups in total. The second kappa shape index (κ2) is 6.04. The average Bonchev–Trinajstić information content (AvgIpc) is 2.78. The standard InChI is InChI=1S/C13H16ClN3O2/c1-2-15-7-12(18)16-8-13(19)17(9-16)11-5-3-4-10(14)6-11/h3-6,15H,2,7-9H2,1H3/p+1. The molecule has 2 rings (SSSR count). The molecule has 0 radical (unpaired) electrons. The van der Waals surface area contributed by atoms with Crippen molar-refractivity contribution < 1.29 is 14.9 Å².